The summed E-state index contributed by atoms with van der Waals surface area (Å²) in [5.41, 5.74) is 1.05. The summed E-state index contributed by atoms with van der Waals surface area (Å²) in [6.45, 7) is 5.22. The first kappa shape index (κ1) is 13.5. The Balaban J connectivity index is 2.35. The molecule has 0 aliphatic rings. The van der Waals surface area contributed by atoms with Gasteiger partial charge in [0.15, 0.2) is 5.60 Å². The number of carboxylic acid groups (broad SMARTS) is 1. The second-order valence-corrected chi connectivity index (χ2v) is 5.19. The van der Waals surface area contributed by atoms with E-state index in [4.69, 9.17) is 9.84 Å². The number of carbonyl (C=O) groups is 1. The van der Waals surface area contributed by atoms with Crippen molar-refractivity contribution in [3.05, 3.63) is 30.0 Å². The van der Waals surface area contributed by atoms with E-state index in [-0.39, 0.29) is 0 Å². The van der Waals surface area contributed by atoms with Crippen LogP contribution >= 0.6 is 0 Å². The topological polar surface area (TPSA) is 62.3 Å². The van der Waals surface area contributed by atoms with Crippen LogP contribution in [0.4, 0.5) is 0 Å². The minimum absolute atomic E-state index is 0.580. The van der Waals surface area contributed by atoms with E-state index >= 15 is 0 Å². The van der Waals surface area contributed by atoms with E-state index in [1.807, 2.05) is 18.3 Å². The molecular formula is C15H19NO3. The average Bonchev–Trinajstić information content (AvgIpc) is 2.72. The number of aliphatic carboxylic acids is 1. The first-order valence-corrected chi connectivity index (χ1v) is 6.46. The average molecular weight is 261 g/mol. The summed E-state index contributed by atoms with van der Waals surface area (Å²) < 4.78 is 5.56. The molecule has 4 nitrogen and oxygen atoms in total. The van der Waals surface area contributed by atoms with Crippen molar-refractivity contribution in [2.24, 2.45) is 0 Å². The number of H-pyrrole nitrogens is 1. The van der Waals surface area contributed by atoms with Crippen LogP contribution in [-0.2, 0) is 11.2 Å². The number of rotatable bonds is 5. The van der Waals surface area contributed by atoms with Crippen LogP contribution in [0.2, 0.25) is 0 Å². The fraction of sp³-hybridized carbons (Fsp3) is 0.400. The summed E-state index contributed by atoms with van der Waals surface area (Å²) >= 11 is 0. The summed E-state index contributed by atoms with van der Waals surface area (Å²) in [4.78, 5) is 14.3. The van der Waals surface area contributed by atoms with Crippen LogP contribution in [0.3, 0.4) is 0 Å². The van der Waals surface area contributed by atoms with Crippen molar-refractivity contribution in [1.82, 2.24) is 4.98 Å². The number of hydrogen-bond acceptors (Lipinski definition) is 2. The quantitative estimate of drug-likeness (QED) is 0.867. The molecule has 0 saturated heterocycles. The molecule has 0 unspecified atom stereocenters. The van der Waals surface area contributed by atoms with Crippen LogP contribution in [0.1, 0.15) is 32.8 Å². The maximum Gasteiger partial charge on any atom is 0.347 e. The molecule has 19 heavy (non-hydrogen) atoms. The summed E-state index contributed by atoms with van der Waals surface area (Å²) in [5.74, 6) is -0.396. The van der Waals surface area contributed by atoms with Gasteiger partial charge in [0.1, 0.15) is 5.75 Å². The summed E-state index contributed by atoms with van der Waals surface area (Å²) in [6, 6.07) is 5.61. The number of hydrogen-bond donors (Lipinski definition) is 2. The Kier molecular flexibility index (Phi) is 3.51. The van der Waals surface area contributed by atoms with Crippen LogP contribution in [0.15, 0.2) is 24.4 Å². The lowest BCUT2D eigenvalue weighted by Gasteiger charge is -2.21. The second kappa shape index (κ2) is 4.96. The second-order valence-electron chi connectivity index (χ2n) is 5.19. The van der Waals surface area contributed by atoms with Crippen molar-refractivity contribution in [3.63, 3.8) is 0 Å². The van der Waals surface area contributed by atoms with Gasteiger partial charge in [-0.1, -0.05) is 13.3 Å². The molecule has 1 heterocycles. The maximum atomic E-state index is 11.1. The number of nitrogens with one attached hydrogen (secondary N) is 1. The number of fused-ring (bicyclic) bond motifs is 1. The molecule has 4 heteroatoms. The van der Waals surface area contributed by atoms with Gasteiger partial charge in [-0.3, -0.25) is 0 Å². The van der Waals surface area contributed by atoms with Crippen LogP contribution < -0.4 is 4.74 Å². The molecule has 102 valence electrons. The number of benzene rings is 1. The van der Waals surface area contributed by atoms with Gasteiger partial charge in [0, 0.05) is 17.1 Å². The fourth-order valence-corrected chi connectivity index (χ4v) is 2.04. The number of carboxylic acids is 1. The summed E-state index contributed by atoms with van der Waals surface area (Å²) in [7, 11) is 0. The maximum absolute atomic E-state index is 11.1. The van der Waals surface area contributed by atoms with Gasteiger partial charge < -0.3 is 14.8 Å². The normalized spacial score (nSPS) is 11.7. The molecule has 1 aromatic carbocycles. The third-order valence-corrected chi connectivity index (χ3v) is 3.15. The molecule has 0 radical (unpaired) electrons. The Morgan fingerprint density at radius 1 is 1.42 bits per heavy atom. The van der Waals surface area contributed by atoms with Gasteiger partial charge in [-0.05, 0) is 44.0 Å². The zero-order valence-electron chi connectivity index (χ0n) is 11.5. The highest BCUT2D eigenvalue weighted by Gasteiger charge is 2.29. The molecule has 2 N–H and O–H groups in total. The van der Waals surface area contributed by atoms with E-state index in [0.29, 0.717) is 5.75 Å². The minimum Gasteiger partial charge on any atom is -0.478 e. The van der Waals surface area contributed by atoms with Crippen molar-refractivity contribution in [1.29, 1.82) is 0 Å². The van der Waals surface area contributed by atoms with Gasteiger partial charge >= 0.3 is 5.97 Å². The zero-order chi connectivity index (χ0) is 14.0. The molecular weight excluding hydrogens is 242 g/mol. The molecule has 0 aliphatic heterocycles. The van der Waals surface area contributed by atoms with Gasteiger partial charge in [-0.2, -0.15) is 0 Å². The van der Waals surface area contributed by atoms with E-state index in [0.717, 1.165) is 23.7 Å². The summed E-state index contributed by atoms with van der Waals surface area (Å²) in [6.07, 6.45) is 4.06. The molecule has 0 fully saturated rings. The zero-order valence-corrected chi connectivity index (χ0v) is 11.5. The van der Waals surface area contributed by atoms with Gasteiger partial charge in [-0.15, -0.1) is 0 Å². The monoisotopic (exact) mass is 261 g/mol. The number of aromatic amines is 1. The molecule has 2 rings (SSSR count). The van der Waals surface area contributed by atoms with Crippen molar-refractivity contribution in [3.8, 4) is 5.75 Å². The van der Waals surface area contributed by atoms with Crippen molar-refractivity contribution < 1.29 is 14.6 Å². The van der Waals surface area contributed by atoms with E-state index in [1.54, 1.807) is 19.9 Å². The third-order valence-electron chi connectivity index (χ3n) is 3.15. The Morgan fingerprint density at radius 3 is 2.79 bits per heavy atom. The standard InChI is InChI=1S/C15H19NO3/c1-4-5-10-9-16-13-7-6-11(8-12(10)13)19-15(2,3)14(17)18/h6-9,16H,4-5H2,1-3H3,(H,17,18). The highest BCUT2D eigenvalue weighted by Crippen LogP contribution is 2.27. The Bertz CT molecular complexity index is 598. The molecule has 0 saturated carbocycles. The van der Waals surface area contributed by atoms with Crippen molar-refractivity contribution in [2.45, 2.75) is 39.2 Å². The Morgan fingerprint density at radius 2 is 2.16 bits per heavy atom. The highest BCUT2D eigenvalue weighted by atomic mass is 16.5. The fourth-order valence-electron chi connectivity index (χ4n) is 2.04. The first-order valence-electron chi connectivity index (χ1n) is 6.46. The largest absolute Gasteiger partial charge is 0.478 e. The predicted molar refractivity (Wildman–Crippen MR) is 74.6 cm³/mol. The lowest BCUT2D eigenvalue weighted by atomic mass is 10.1. The van der Waals surface area contributed by atoms with Crippen LogP contribution in [-0.4, -0.2) is 21.7 Å². The van der Waals surface area contributed by atoms with E-state index in [2.05, 4.69) is 11.9 Å². The lowest BCUT2D eigenvalue weighted by molar-refractivity contribution is -0.152. The SMILES string of the molecule is CCCc1c[nH]c2ccc(OC(C)(C)C(=O)O)cc12. The van der Waals surface area contributed by atoms with E-state index < -0.39 is 11.6 Å². The van der Waals surface area contributed by atoms with Crippen LogP contribution in [0, 0.1) is 0 Å². The Labute approximate surface area is 112 Å². The smallest absolute Gasteiger partial charge is 0.347 e. The predicted octanol–water partition coefficient (Wildman–Crippen LogP) is 3.36. The number of ether oxygens (including phenoxy) is 1. The molecule has 0 bridgehead atoms. The third kappa shape index (κ3) is 2.72. The Hall–Kier alpha value is -1.97. The van der Waals surface area contributed by atoms with Gasteiger partial charge in [0.25, 0.3) is 0 Å². The molecule has 1 aromatic heterocycles. The molecule has 0 spiro atoms. The van der Waals surface area contributed by atoms with E-state index in [9.17, 15) is 4.79 Å². The van der Waals surface area contributed by atoms with Gasteiger partial charge in [0.2, 0.25) is 0 Å². The van der Waals surface area contributed by atoms with Crippen molar-refractivity contribution in [2.75, 3.05) is 0 Å². The molecule has 2 aromatic rings. The summed E-state index contributed by atoms with van der Waals surface area (Å²) in [5, 5.41) is 10.2. The molecule has 0 aliphatic carbocycles. The minimum atomic E-state index is -1.23. The van der Waals surface area contributed by atoms with Gasteiger partial charge in [0.05, 0.1) is 0 Å². The van der Waals surface area contributed by atoms with Crippen molar-refractivity contribution >= 4 is 16.9 Å². The number of aryl methyl sites for hydroxylation is 1. The molecule has 0 amide bonds. The van der Waals surface area contributed by atoms with Gasteiger partial charge in [-0.25, -0.2) is 4.79 Å². The van der Waals surface area contributed by atoms with Crippen LogP contribution in [0.25, 0.3) is 10.9 Å². The molecule has 0 atom stereocenters. The number of aromatic nitrogens is 1. The lowest BCUT2D eigenvalue weighted by Crippen LogP contribution is -2.37. The van der Waals surface area contributed by atoms with E-state index in [1.165, 1.54) is 5.56 Å². The highest BCUT2D eigenvalue weighted by molar-refractivity contribution is 5.85. The first-order chi connectivity index (χ1) is 8.94. The van der Waals surface area contributed by atoms with Crippen LogP contribution in [0.5, 0.6) is 5.75 Å².